The molecule has 0 aliphatic rings. The minimum absolute atomic E-state index is 0.0882. The van der Waals surface area contributed by atoms with E-state index in [0.29, 0.717) is 10.8 Å². The van der Waals surface area contributed by atoms with E-state index in [1.165, 1.54) is 12.1 Å². The van der Waals surface area contributed by atoms with Crippen molar-refractivity contribution in [1.82, 2.24) is 0 Å². The first kappa shape index (κ1) is 19.2. The molecular formula is C16H12ClN2O7-. The van der Waals surface area contributed by atoms with Gasteiger partial charge in [-0.25, -0.2) is 0 Å². The average molecular weight is 380 g/mol. The van der Waals surface area contributed by atoms with Gasteiger partial charge in [0.2, 0.25) is 5.91 Å². The highest BCUT2D eigenvalue weighted by Gasteiger charge is 2.13. The molecule has 1 N–H and O–H groups in total. The van der Waals surface area contributed by atoms with E-state index in [9.17, 15) is 24.8 Å². The highest BCUT2D eigenvalue weighted by Crippen LogP contribution is 2.30. The van der Waals surface area contributed by atoms with Gasteiger partial charge in [0, 0.05) is 17.2 Å². The van der Waals surface area contributed by atoms with E-state index in [1.807, 2.05) is 0 Å². The van der Waals surface area contributed by atoms with Crippen LogP contribution in [0, 0.1) is 10.1 Å². The molecule has 136 valence electrons. The molecule has 1 amide bonds. The fourth-order valence-corrected chi connectivity index (χ4v) is 2.01. The molecule has 0 spiro atoms. The zero-order valence-corrected chi connectivity index (χ0v) is 13.9. The molecular weight excluding hydrogens is 368 g/mol. The van der Waals surface area contributed by atoms with Gasteiger partial charge in [-0.05, 0) is 24.3 Å². The lowest BCUT2D eigenvalue weighted by atomic mass is 10.2. The van der Waals surface area contributed by atoms with Crippen molar-refractivity contribution in [3.05, 3.63) is 57.6 Å². The smallest absolute Gasteiger partial charge is 0.275 e. The summed E-state index contributed by atoms with van der Waals surface area (Å²) in [6.45, 7) is -1.29. The number of hydrogen-bond donors (Lipinski definition) is 1. The van der Waals surface area contributed by atoms with Crippen LogP contribution in [-0.2, 0) is 14.3 Å². The van der Waals surface area contributed by atoms with E-state index in [2.05, 4.69) is 10.1 Å². The van der Waals surface area contributed by atoms with Crippen LogP contribution in [0.4, 0.5) is 11.4 Å². The van der Waals surface area contributed by atoms with E-state index in [0.717, 1.165) is 6.07 Å². The summed E-state index contributed by atoms with van der Waals surface area (Å²) in [6.07, 6.45) is 0. The van der Waals surface area contributed by atoms with Gasteiger partial charge in [-0.15, -0.1) is 0 Å². The lowest BCUT2D eigenvalue weighted by Gasteiger charge is -2.10. The zero-order valence-electron chi connectivity index (χ0n) is 13.1. The fraction of sp³-hybridized carbons (Fsp3) is 0.125. The molecule has 2 rings (SSSR count). The monoisotopic (exact) mass is 379 g/mol. The number of amides is 1. The number of non-ortho nitro benzene ring substituents is 1. The maximum absolute atomic E-state index is 11.7. The van der Waals surface area contributed by atoms with Crippen LogP contribution in [0.15, 0.2) is 42.5 Å². The number of carbonyl (C=O) groups is 2. The largest absolute Gasteiger partial charge is 0.548 e. The Labute approximate surface area is 152 Å². The Morgan fingerprint density at radius 1 is 1.08 bits per heavy atom. The average Bonchev–Trinajstić information content (AvgIpc) is 2.56. The molecule has 0 radical (unpaired) electrons. The summed E-state index contributed by atoms with van der Waals surface area (Å²) < 4.78 is 10.1. The van der Waals surface area contributed by atoms with Gasteiger partial charge in [-0.3, -0.25) is 14.9 Å². The van der Waals surface area contributed by atoms with E-state index in [-0.39, 0.29) is 17.1 Å². The Morgan fingerprint density at radius 3 is 2.38 bits per heavy atom. The summed E-state index contributed by atoms with van der Waals surface area (Å²) in [4.78, 5) is 32.4. The number of rotatable bonds is 8. The lowest BCUT2D eigenvalue weighted by molar-refractivity contribution is -0.384. The van der Waals surface area contributed by atoms with E-state index in [1.54, 1.807) is 24.3 Å². The molecule has 0 aliphatic heterocycles. The summed E-state index contributed by atoms with van der Waals surface area (Å²) >= 11 is 5.78. The second-order valence-corrected chi connectivity index (χ2v) is 5.38. The maximum Gasteiger partial charge on any atom is 0.275 e. The van der Waals surface area contributed by atoms with Crippen molar-refractivity contribution in [3.63, 3.8) is 0 Å². The van der Waals surface area contributed by atoms with Crippen LogP contribution >= 0.6 is 11.6 Å². The predicted octanol–water partition coefficient (Wildman–Crippen LogP) is 1.75. The number of carboxylic acids is 1. The third-order valence-electron chi connectivity index (χ3n) is 2.89. The molecule has 0 atom stereocenters. The van der Waals surface area contributed by atoms with Gasteiger partial charge in [-0.2, -0.15) is 0 Å². The van der Waals surface area contributed by atoms with Crippen molar-refractivity contribution in [2.75, 3.05) is 18.5 Å². The molecule has 10 heteroatoms. The minimum Gasteiger partial charge on any atom is -0.548 e. The van der Waals surface area contributed by atoms with Gasteiger partial charge in [-0.1, -0.05) is 11.6 Å². The fourth-order valence-electron chi connectivity index (χ4n) is 1.88. The Balaban J connectivity index is 2.14. The molecule has 0 bridgehead atoms. The number of aliphatic carboxylic acids is 1. The van der Waals surface area contributed by atoms with Gasteiger partial charge in [0.05, 0.1) is 29.3 Å². The number of anilines is 1. The molecule has 26 heavy (non-hydrogen) atoms. The second-order valence-electron chi connectivity index (χ2n) is 4.94. The summed E-state index contributed by atoms with van der Waals surface area (Å²) in [7, 11) is 0. The highest BCUT2D eigenvalue weighted by atomic mass is 35.5. The molecule has 0 aromatic heterocycles. The minimum atomic E-state index is -1.47. The summed E-state index contributed by atoms with van der Waals surface area (Å²) in [5, 5.41) is 24.2. The van der Waals surface area contributed by atoms with E-state index < -0.39 is 30.0 Å². The maximum atomic E-state index is 11.7. The van der Waals surface area contributed by atoms with Crippen molar-refractivity contribution in [2.24, 2.45) is 0 Å². The van der Waals surface area contributed by atoms with Crippen molar-refractivity contribution < 1.29 is 29.1 Å². The molecule has 0 aliphatic carbocycles. The van der Waals surface area contributed by atoms with Crippen LogP contribution in [0.3, 0.4) is 0 Å². The summed E-state index contributed by atoms with van der Waals surface area (Å²) in [6, 6.07) is 10.0. The number of nitrogens with one attached hydrogen (secondary N) is 1. The molecule has 0 saturated heterocycles. The quantitative estimate of drug-likeness (QED) is 0.545. The van der Waals surface area contributed by atoms with E-state index >= 15 is 0 Å². The first-order valence-corrected chi connectivity index (χ1v) is 7.51. The number of hydrogen-bond acceptors (Lipinski definition) is 7. The normalized spacial score (nSPS) is 10.2. The molecule has 2 aromatic rings. The first-order chi connectivity index (χ1) is 12.3. The van der Waals surface area contributed by atoms with Crippen molar-refractivity contribution >= 4 is 34.9 Å². The van der Waals surface area contributed by atoms with Gasteiger partial charge in [0.1, 0.15) is 18.1 Å². The number of nitro benzene ring substituents is 1. The molecule has 0 fully saturated rings. The molecule has 0 heterocycles. The second kappa shape index (κ2) is 8.79. The standard InChI is InChI=1S/C16H13ClN2O7/c17-10-1-3-13(4-2-10)26-14-6-11(5-12(7-14)19(23)24)18-15(20)8-25-9-16(21)22/h1-7H,8-9H2,(H,18,20)(H,21,22)/p-1. The Kier molecular flexibility index (Phi) is 6.48. The molecule has 0 saturated carbocycles. The van der Waals surface area contributed by atoms with E-state index in [4.69, 9.17) is 16.3 Å². The number of nitrogens with zero attached hydrogens (tertiary/aromatic N) is 1. The third-order valence-corrected chi connectivity index (χ3v) is 3.14. The number of halogens is 1. The first-order valence-electron chi connectivity index (χ1n) is 7.14. The zero-order chi connectivity index (χ0) is 19.1. The van der Waals surface area contributed by atoms with Crippen LogP contribution in [-0.4, -0.2) is 30.0 Å². The number of carbonyl (C=O) groups excluding carboxylic acids is 2. The Morgan fingerprint density at radius 2 is 1.77 bits per heavy atom. The lowest BCUT2D eigenvalue weighted by Crippen LogP contribution is -2.29. The highest BCUT2D eigenvalue weighted by molar-refractivity contribution is 6.30. The summed E-state index contributed by atoms with van der Waals surface area (Å²) in [5.74, 6) is -1.65. The Bertz CT molecular complexity index is 824. The van der Waals surface area contributed by atoms with Crippen molar-refractivity contribution in [3.8, 4) is 11.5 Å². The van der Waals surface area contributed by atoms with Crippen LogP contribution < -0.4 is 15.2 Å². The number of benzene rings is 2. The van der Waals surface area contributed by atoms with Crippen molar-refractivity contribution in [2.45, 2.75) is 0 Å². The van der Waals surface area contributed by atoms with Gasteiger partial charge in [0.25, 0.3) is 5.69 Å². The number of ether oxygens (including phenoxy) is 2. The van der Waals surface area contributed by atoms with Crippen molar-refractivity contribution in [1.29, 1.82) is 0 Å². The molecule has 2 aromatic carbocycles. The van der Waals surface area contributed by atoms with Crippen LogP contribution in [0.2, 0.25) is 5.02 Å². The van der Waals surface area contributed by atoms with Gasteiger partial charge < -0.3 is 24.7 Å². The molecule has 9 nitrogen and oxygen atoms in total. The summed E-state index contributed by atoms with van der Waals surface area (Å²) in [5.41, 5.74) is -0.215. The predicted molar refractivity (Wildman–Crippen MR) is 89.1 cm³/mol. The van der Waals surface area contributed by atoms with Crippen LogP contribution in [0.25, 0.3) is 0 Å². The Hall–Kier alpha value is -3.17. The number of nitro groups is 1. The van der Waals surface area contributed by atoms with Gasteiger partial charge >= 0.3 is 0 Å². The topological polar surface area (TPSA) is 131 Å². The third kappa shape index (κ3) is 6.04. The van der Waals surface area contributed by atoms with Crippen LogP contribution in [0.1, 0.15) is 0 Å². The molecule has 0 unspecified atom stereocenters. The SMILES string of the molecule is O=C([O-])COCC(=O)Nc1cc(Oc2ccc(Cl)cc2)cc([N+](=O)[O-])c1. The number of carboxylic acid groups (broad SMARTS) is 1. The van der Waals surface area contributed by atoms with Crippen LogP contribution in [0.5, 0.6) is 11.5 Å². The van der Waals surface area contributed by atoms with Gasteiger partial charge in [0.15, 0.2) is 0 Å².